The van der Waals surface area contributed by atoms with Crippen molar-refractivity contribution in [3.8, 4) is 5.75 Å². The molecule has 4 heteroatoms. The maximum atomic E-state index is 12.1. The first-order chi connectivity index (χ1) is 9.24. The van der Waals surface area contributed by atoms with E-state index in [1.165, 1.54) is 5.56 Å². The van der Waals surface area contributed by atoms with Crippen LogP contribution in [0.3, 0.4) is 0 Å². The molecule has 0 radical (unpaired) electrons. The van der Waals surface area contributed by atoms with Crippen LogP contribution in [-0.2, 0) is 11.2 Å². The summed E-state index contributed by atoms with van der Waals surface area (Å²) in [5.41, 5.74) is 1.24. The summed E-state index contributed by atoms with van der Waals surface area (Å²) < 4.78 is 5.14. The second kappa shape index (κ2) is 6.57. The molecular weight excluding hydrogens is 240 g/mol. The number of rotatable bonds is 5. The molecule has 0 spiro atoms. The van der Waals surface area contributed by atoms with Crippen LogP contribution in [0.4, 0.5) is 0 Å². The molecule has 1 aliphatic rings. The fourth-order valence-electron chi connectivity index (χ4n) is 2.39. The van der Waals surface area contributed by atoms with E-state index >= 15 is 0 Å². The Balaban J connectivity index is 1.88. The first kappa shape index (κ1) is 13.9. The highest BCUT2D eigenvalue weighted by atomic mass is 16.5. The van der Waals surface area contributed by atoms with Crippen LogP contribution in [0.2, 0.25) is 0 Å². The molecule has 1 aromatic rings. The Bertz CT molecular complexity index is 417. The fourth-order valence-corrected chi connectivity index (χ4v) is 2.39. The highest BCUT2D eigenvalue weighted by molar-refractivity contribution is 5.82. The molecule has 0 bridgehead atoms. The number of methoxy groups -OCH3 is 1. The van der Waals surface area contributed by atoms with Gasteiger partial charge in [0.15, 0.2) is 0 Å². The molecule has 1 fully saturated rings. The average Bonchev–Trinajstić information content (AvgIpc) is 2.47. The van der Waals surface area contributed by atoms with Gasteiger partial charge in [-0.3, -0.25) is 4.79 Å². The van der Waals surface area contributed by atoms with E-state index in [1.807, 2.05) is 24.0 Å². The number of carbonyl (C=O) groups is 1. The van der Waals surface area contributed by atoms with Gasteiger partial charge in [0, 0.05) is 19.6 Å². The number of ether oxygens (including phenoxy) is 1. The lowest BCUT2D eigenvalue weighted by molar-refractivity contribution is -0.135. The lowest BCUT2D eigenvalue weighted by Crippen LogP contribution is -2.55. The van der Waals surface area contributed by atoms with E-state index in [1.54, 1.807) is 7.11 Å². The fraction of sp³-hybridized carbons (Fsp3) is 0.533. The Kier molecular flexibility index (Phi) is 4.80. The maximum absolute atomic E-state index is 12.1. The van der Waals surface area contributed by atoms with E-state index in [4.69, 9.17) is 4.74 Å². The highest BCUT2D eigenvalue weighted by Gasteiger charge is 2.26. The van der Waals surface area contributed by atoms with E-state index in [0.717, 1.165) is 38.2 Å². The zero-order chi connectivity index (χ0) is 13.7. The topological polar surface area (TPSA) is 41.6 Å². The predicted molar refractivity (Wildman–Crippen MR) is 75.4 cm³/mol. The summed E-state index contributed by atoms with van der Waals surface area (Å²) in [5.74, 6) is 1.11. The van der Waals surface area contributed by atoms with Crippen molar-refractivity contribution in [1.82, 2.24) is 10.2 Å². The van der Waals surface area contributed by atoms with Crippen molar-refractivity contribution in [1.29, 1.82) is 0 Å². The third kappa shape index (κ3) is 3.47. The van der Waals surface area contributed by atoms with E-state index in [2.05, 4.69) is 17.4 Å². The van der Waals surface area contributed by atoms with Crippen molar-refractivity contribution in [3.05, 3.63) is 29.8 Å². The summed E-state index contributed by atoms with van der Waals surface area (Å²) in [4.78, 5) is 14.1. The molecule has 0 saturated carbocycles. The minimum absolute atomic E-state index is 0.00428. The Hall–Kier alpha value is -1.55. The quantitative estimate of drug-likeness (QED) is 0.873. The van der Waals surface area contributed by atoms with E-state index in [0.29, 0.717) is 0 Å². The van der Waals surface area contributed by atoms with Gasteiger partial charge in [0.25, 0.3) is 0 Å². The molecule has 1 aliphatic heterocycles. The van der Waals surface area contributed by atoms with Gasteiger partial charge >= 0.3 is 0 Å². The van der Waals surface area contributed by atoms with Gasteiger partial charge in [-0.1, -0.05) is 19.1 Å². The Morgan fingerprint density at radius 1 is 1.37 bits per heavy atom. The molecule has 0 aliphatic carbocycles. The summed E-state index contributed by atoms with van der Waals surface area (Å²) in [6, 6.07) is 8.05. The lowest BCUT2D eigenvalue weighted by atomic mass is 10.1. The second-order valence-corrected chi connectivity index (χ2v) is 4.84. The van der Waals surface area contributed by atoms with Crippen molar-refractivity contribution in [2.45, 2.75) is 25.8 Å². The summed E-state index contributed by atoms with van der Waals surface area (Å²) in [6.45, 7) is 4.55. The molecule has 1 atom stereocenters. The number of carbonyl (C=O) groups excluding carboxylic acids is 1. The zero-order valence-corrected chi connectivity index (χ0v) is 11.7. The maximum Gasteiger partial charge on any atom is 0.239 e. The molecule has 4 nitrogen and oxygen atoms in total. The summed E-state index contributed by atoms with van der Waals surface area (Å²) in [5, 5.41) is 3.25. The van der Waals surface area contributed by atoms with Crippen molar-refractivity contribution in [3.63, 3.8) is 0 Å². The Morgan fingerprint density at radius 2 is 2.11 bits per heavy atom. The normalized spacial score (nSPS) is 19.6. The molecule has 0 aromatic heterocycles. The molecule has 1 N–H and O–H groups in total. The molecule has 1 aromatic carbocycles. The first-order valence-corrected chi connectivity index (χ1v) is 6.89. The molecular formula is C15H22N2O2. The van der Waals surface area contributed by atoms with Crippen molar-refractivity contribution >= 4 is 5.91 Å². The van der Waals surface area contributed by atoms with Gasteiger partial charge < -0.3 is 15.0 Å². The molecule has 2 rings (SSSR count). The second-order valence-electron chi connectivity index (χ2n) is 4.84. The van der Waals surface area contributed by atoms with Crippen molar-refractivity contribution in [2.24, 2.45) is 0 Å². The summed E-state index contributed by atoms with van der Waals surface area (Å²) in [6.07, 6.45) is 1.75. The molecule has 1 amide bonds. The molecule has 1 saturated heterocycles. The van der Waals surface area contributed by atoms with Gasteiger partial charge in [0.2, 0.25) is 5.91 Å². The number of piperazine rings is 1. The average molecular weight is 262 g/mol. The van der Waals surface area contributed by atoms with Gasteiger partial charge in [0.05, 0.1) is 13.2 Å². The van der Waals surface area contributed by atoms with Crippen LogP contribution in [0, 0.1) is 0 Å². The number of hydrogen-bond donors (Lipinski definition) is 1. The minimum Gasteiger partial charge on any atom is -0.497 e. The molecule has 104 valence electrons. The zero-order valence-electron chi connectivity index (χ0n) is 11.7. The van der Waals surface area contributed by atoms with Crippen LogP contribution < -0.4 is 10.1 Å². The molecule has 1 heterocycles. The molecule has 1 unspecified atom stereocenters. The number of benzene rings is 1. The van der Waals surface area contributed by atoms with Crippen LogP contribution >= 0.6 is 0 Å². The largest absolute Gasteiger partial charge is 0.497 e. The van der Waals surface area contributed by atoms with Crippen LogP contribution in [0.25, 0.3) is 0 Å². The van der Waals surface area contributed by atoms with Gasteiger partial charge in [0.1, 0.15) is 5.75 Å². The van der Waals surface area contributed by atoms with Gasteiger partial charge in [-0.05, 0) is 30.5 Å². The monoisotopic (exact) mass is 262 g/mol. The van der Waals surface area contributed by atoms with E-state index < -0.39 is 0 Å². The third-order valence-corrected chi connectivity index (χ3v) is 3.62. The van der Waals surface area contributed by atoms with Gasteiger partial charge in [-0.25, -0.2) is 0 Å². The Morgan fingerprint density at radius 3 is 2.74 bits per heavy atom. The van der Waals surface area contributed by atoms with Crippen LogP contribution in [0.15, 0.2) is 24.3 Å². The van der Waals surface area contributed by atoms with Crippen LogP contribution in [0.5, 0.6) is 5.75 Å². The summed E-state index contributed by atoms with van der Waals surface area (Å²) in [7, 11) is 1.67. The number of nitrogens with one attached hydrogen (secondary N) is 1. The van der Waals surface area contributed by atoms with Gasteiger partial charge in [-0.15, -0.1) is 0 Å². The number of nitrogens with zero attached hydrogens (tertiary/aromatic N) is 1. The molecule has 19 heavy (non-hydrogen) atoms. The smallest absolute Gasteiger partial charge is 0.239 e. The van der Waals surface area contributed by atoms with Crippen LogP contribution in [-0.4, -0.2) is 43.6 Å². The van der Waals surface area contributed by atoms with Crippen molar-refractivity contribution < 1.29 is 9.53 Å². The predicted octanol–water partition coefficient (Wildman–Crippen LogP) is 1.45. The number of amides is 1. The summed E-state index contributed by atoms with van der Waals surface area (Å²) >= 11 is 0. The van der Waals surface area contributed by atoms with Crippen LogP contribution in [0.1, 0.15) is 18.9 Å². The standard InChI is InChI=1S/C15H22N2O2/c1-3-14-15(18)17(11-9-16-14)10-8-12-4-6-13(19-2)7-5-12/h4-7,14,16H,3,8-11H2,1-2H3. The van der Waals surface area contributed by atoms with Gasteiger partial charge in [-0.2, -0.15) is 0 Å². The SMILES string of the molecule is CCC1NCCN(CCc2ccc(OC)cc2)C1=O. The third-order valence-electron chi connectivity index (χ3n) is 3.62. The van der Waals surface area contributed by atoms with E-state index in [-0.39, 0.29) is 11.9 Å². The first-order valence-electron chi connectivity index (χ1n) is 6.89. The highest BCUT2D eigenvalue weighted by Crippen LogP contribution is 2.13. The minimum atomic E-state index is 0.00428. The lowest BCUT2D eigenvalue weighted by Gasteiger charge is -2.32. The van der Waals surface area contributed by atoms with E-state index in [9.17, 15) is 4.79 Å². The Labute approximate surface area is 114 Å². The number of hydrogen-bond acceptors (Lipinski definition) is 3. The van der Waals surface area contributed by atoms with Crippen molar-refractivity contribution in [2.75, 3.05) is 26.7 Å².